The van der Waals surface area contributed by atoms with E-state index in [2.05, 4.69) is 19.1 Å². The van der Waals surface area contributed by atoms with E-state index >= 15 is 0 Å². The van der Waals surface area contributed by atoms with Crippen molar-refractivity contribution in [1.82, 2.24) is 0 Å². The van der Waals surface area contributed by atoms with Gasteiger partial charge in [0.1, 0.15) is 11.5 Å². The lowest BCUT2D eigenvalue weighted by Crippen LogP contribution is -1.92. The van der Waals surface area contributed by atoms with Gasteiger partial charge in [0, 0.05) is 12.8 Å². The minimum absolute atomic E-state index is 0.179. The van der Waals surface area contributed by atoms with Crippen molar-refractivity contribution in [3.8, 4) is 11.5 Å². The second-order valence-corrected chi connectivity index (χ2v) is 5.68. The molecule has 0 atom stereocenters. The Balaban J connectivity index is 1.83. The van der Waals surface area contributed by atoms with Gasteiger partial charge in [-0.1, -0.05) is 32.3 Å². The van der Waals surface area contributed by atoms with E-state index in [1.165, 1.54) is 25.7 Å². The Morgan fingerprint density at radius 1 is 0.955 bits per heavy atom. The summed E-state index contributed by atoms with van der Waals surface area (Å²) in [5, 5.41) is 9.60. The van der Waals surface area contributed by atoms with E-state index < -0.39 is 0 Å². The zero-order chi connectivity index (χ0) is 15.8. The number of aryl methyl sites for hydroxylation is 3. The summed E-state index contributed by atoms with van der Waals surface area (Å²) in [6.07, 6.45) is 7.82. The minimum Gasteiger partial charge on any atom is -0.504 e. The average Bonchev–Trinajstić information content (AvgIpc) is 2.99. The van der Waals surface area contributed by atoms with Crippen molar-refractivity contribution in [2.45, 2.75) is 51.9 Å². The maximum absolute atomic E-state index is 9.60. The monoisotopic (exact) mass is 302 g/mol. The summed E-state index contributed by atoms with van der Waals surface area (Å²) >= 11 is 0. The number of benzene rings is 1. The first kappa shape index (κ1) is 16.5. The van der Waals surface area contributed by atoms with Crippen LogP contribution in [0.2, 0.25) is 0 Å². The van der Waals surface area contributed by atoms with Gasteiger partial charge in [0.15, 0.2) is 11.5 Å². The molecule has 22 heavy (non-hydrogen) atoms. The molecule has 0 aliphatic rings. The van der Waals surface area contributed by atoms with E-state index in [9.17, 15) is 5.11 Å². The Morgan fingerprint density at radius 3 is 2.45 bits per heavy atom. The predicted octanol–water partition coefficient (Wildman–Crippen LogP) is 4.90. The number of ether oxygens (including phenoxy) is 1. The second kappa shape index (κ2) is 8.52. The summed E-state index contributed by atoms with van der Waals surface area (Å²) in [6, 6.07) is 9.65. The molecular formula is C19H26O3. The molecule has 3 nitrogen and oxygen atoms in total. The zero-order valence-electron chi connectivity index (χ0n) is 13.6. The van der Waals surface area contributed by atoms with Gasteiger partial charge in [0.2, 0.25) is 0 Å². The molecule has 0 bridgehead atoms. The third-order valence-electron chi connectivity index (χ3n) is 3.90. The molecule has 0 amide bonds. The normalized spacial score (nSPS) is 10.8. The lowest BCUT2D eigenvalue weighted by molar-refractivity contribution is 0.373. The quantitative estimate of drug-likeness (QED) is 0.670. The van der Waals surface area contributed by atoms with Crippen molar-refractivity contribution >= 4 is 0 Å². The van der Waals surface area contributed by atoms with E-state index in [4.69, 9.17) is 9.15 Å². The Kier molecular flexibility index (Phi) is 6.38. The predicted molar refractivity (Wildman–Crippen MR) is 88.6 cm³/mol. The third-order valence-corrected chi connectivity index (χ3v) is 3.90. The Hall–Kier alpha value is -1.90. The molecule has 3 heteroatoms. The maximum Gasteiger partial charge on any atom is 0.160 e. The smallest absolute Gasteiger partial charge is 0.160 e. The first-order chi connectivity index (χ1) is 10.7. The van der Waals surface area contributed by atoms with Gasteiger partial charge in [-0.15, -0.1) is 0 Å². The van der Waals surface area contributed by atoms with Crippen LogP contribution < -0.4 is 4.74 Å². The highest BCUT2D eigenvalue weighted by molar-refractivity contribution is 5.41. The summed E-state index contributed by atoms with van der Waals surface area (Å²) in [5.41, 5.74) is 1.13. The number of rotatable bonds is 9. The topological polar surface area (TPSA) is 42.6 Å². The molecule has 0 saturated carbocycles. The van der Waals surface area contributed by atoms with Crippen LogP contribution in [0.25, 0.3) is 0 Å². The molecule has 2 aromatic rings. The van der Waals surface area contributed by atoms with Gasteiger partial charge in [0.25, 0.3) is 0 Å². The Labute approximate surface area is 132 Å². The number of unbranched alkanes of at least 4 members (excludes halogenated alkanes) is 3. The minimum atomic E-state index is 0.179. The molecule has 0 aliphatic heterocycles. The van der Waals surface area contributed by atoms with Gasteiger partial charge >= 0.3 is 0 Å². The van der Waals surface area contributed by atoms with E-state index in [-0.39, 0.29) is 5.75 Å². The average molecular weight is 302 g/mol. The van der Waals surface area contributed by atoms with Gasteiger partial charge in [0.05, 0.1) is 7.11 Å². The number of phenolic OH excluding ortho intramolecular Hbond substituents is 1. The van der Waals surface area contributed by atoms with Crippen molar-refractivity contribution < 1.29 is 14.3 Å². The third kappa shape index (κ3) is 4.83. The first-order valence-corrected chi connectivity index (χ1v) is 8.16. The second-order valence-electron chi connectivity index (χ2n) is 5.68. The molecular weight excluding hydrogens is 276 g/mol. The first-order valence-electron chi connectivity index (χ1n) is 8.16. The van der Waals surface area contributed by atoms with Crippen molar-refractivity contribution in [3.63, 3.8) is 0 Å². The van der Waals surface area contributed by atoms with Crippen molar-refractivity contribution in [1.29, 1.82) is 0 Å². The summed E-state index contributed by atoms with van der Waals surface area (Å²) in [5.74, 6) is 2.82. The number of methoxy groups -OCH3 is 1. The fraction of sp³-hybridized carbons (Fsp3) is 0.474. The summed E-state index contributed by atoms with van der Waals surface area (Å²) in [6.45, 7) is 2.23. The number of furan rings is 1. The Morgan fingerprint density at radius 2 is 1.73 bits per heavy atom. The number of hydrogen-bond acceptors (Lipinski definition) is 3. The molecule has 0 fully saturated rings. The SMILES string of the molecule is CCCCCCc1ccc(CCc2ccc(O)c(OC)c2)o1. The van der Waals surface area contributed by atoms with E-state index in [0.717, 1.165) is 36.3 Å². The Bertz CT molecular complexity index is 572. The van der Waals surface area contributed by atoms with Crippen molar-refractivity contribution in [2.24, 2.45) is 0 Å². The highest BCUT2D eigenvalue weighted by Gasteiger charge is 2.06. The molecule has 0 aliphatic carbocycles. The summed E-state index contributed by atoms with van der Waals surface area (Å²) in [4.78, 5) is 0. The van der Waals surface area contributed by atoms with Crippen LogP contribution in [0.3, 0.4) is 0 Å². The molecule has 0 spiro atoms. The summed E-state index contributed by atoms with van der Waals surface area (Å²) in [7, 11) is 1.57. The molecule has 0 unspecified atom stereocenters. The molecule has 120 valence electrons. The van der Waals surface area contributed by atoms with Crippen LogP contribution in [-0.4, -0.2) is 12.2 Å². The zero-order valence-corrected chi connectivity index (χ0v) is 13.6. The lowest BCUT2D eigenvalue weighted by Gasteiger charge is -2.06. The highest BCUT2D eigenvalue weighted by atomic mass is 16.5. The van der Waals surface area contributed by atoms with Crippen LogP contribution in [0.15, 0.2) is 34.7 Å². The van der Waals surface area contributed by atoms with Gasteiger partial charge in [-0.05, 0) is 42.7 Å². The molecule has 2 rings (SSSR count). The highest BCUT2D eigenvalue weighted by Crippen LogP contribution is 2.27. The summed E-state index contributed by atoms with van der Waals surface area (Å²) < 4.78 is 11.0. The van der Waals surface area contributed by atoms with Crippen LogP contribution in [0.4, 0.5) is 0 Å². The van der Waals surface area contributed by atoms with Crippen molar-refractivity contribution in [2.75, 3.05) is 7.11 Å². The van der Waals surface area contributed by atoms with Gasteiger partial charge in [-0.25, -0.2) is 0 Å². The molecule has 1 heterocycles. The number of aromatic hydroxyl groups is 1. The maximum atomic E-state index is 9.60. The van der Waals surface area contributed by atoms with Gasteiger partial charge < -0.3 is 14.3 Å². The number of hydrogen-bond donors (Lipinski definition) is 1. The lowest BCUT2D eigenvalue weighted by atomic mass is 10.1. The van der Waals surface area contributed by atoms with Crippen LogP contribution in [0.5, 0.6) is 11.5 Å². The van der Waals surface area contributed by atoms with E-state index in [1.54, 1.807) is 13.2 Å². The molecule has 1 aromatic heterocycles. The van der Waals surface area contributed by atoms with Crippen molar-refractivity contribution in [3.05, 3.63) is 47.4 Å². The fourth-order valence-corrected chi connectivity index (χ4v) is 2.56. The molecule has 1 N–H and O–H groups in total. The van der Waals surface area contributed by atoms with Crippen LogP contribution >= 0.6 is 0 Å². The molecule has 1 aromatic carbocycles. The van der Waals surface area contributed by atoms with Crippen LogP contribution in [0.1, 0.15) is 49.7 Å². The molecule has 0 saturated heterocycles. The molecule has 0 radical (unpaired) electrons. The van der Waals surface area contributed by atoms with Gasteiger partial charge in [-0.2, -0.15) is 0 Å². The van der Waals surface area contributed by atoms with E-state index in [1.807, 2.05) is 12.1 Å². The van der Waals surface area contributed by atoms with Crippen LogP contribution in [-0.2, 0) is 19.3 Å². The van der Waals surface area contributed by atoms with Crippen LogP contribution in [0, 0.1) is 0 Å². The van der Waals surface area contributed by atoms with E-state index in [0.29, 0.717) is 5.75 Å². The standard InChI is InChI=1S/C19H26O3/c1-3-4-5-6-7-16-11-12-17(22-16)10-8-15-9-13-18(20)19(14-15)21-2/h9,11-14,20H,3-8,10H2,1-2H3. The largest absolute Gasteiger partial charge is 0.504 e. The van der Waals surface area contributed by atoms with Gasteiger partial charge in [-0.3, -0.25) is 0 Å². The fourth-order valence-electron chi connectivity index (χ4n) is 2.56. The number of phenols is 1.